The molecule has 78 valence electrons. The summed E-state index contributed by atoms with van der Waals surface area (Å²) in [6, 6.07) is 14.6. The monoisotopic (exact) mass is 210 g/mol. The van der Waals surface area contributed by atoms with Gasteiger partial charge in [-0.05, 0) is 17.2 Å². The number of hydrogen-bond acceptors (Lipinski definition) is 2. The number of benzene rings is 2. The average Bonchev–Trinajstić information content (AvgIpc) is 2.39. The predicted molar refractivity (Wildman–Crippen MR) is 62.7 cm³/mol. The van der Waals surface area contributed by atoms with E-state index in [-0.39, 0.29) is 0 Å². The first-order chi connectivity index (χ1) is 7.83. The van der Waals surface area contributed by atoms with Gasteiger partial charge in [0.25, 0.3) is 0 Å². The molecule has 2 aromatic rings. The van der Waals surface area contributed by atoms with Gasteiger partial charge in [-0.3, -0.25) is 9.59 Å². The first-order valence-electron chi connectivity index (χ1n) is 4.94. The SMILES string of the molecule is O=Cc1ccc(-c2cccc(C=O)c2)cc1. The Labute approximate surface area is 93.5 Å². The van der Waals surface area contributed by atoms with E-state index in [4.69, 9.17) is 0 Å². The molecule has 0 aliphatic rings. The van der Waals surface area contributed by atoms with Crippen LogP contribution in [0.4, 0.5) is 0 Å². The van der Waals surface area contributed by atoms with Gasteiger partial charge in [0.15, 0.2) is 0 Å². The molecule has 0 aliphatic carbocycles. The zero-order valence-corrected chi connectivity index (χ0v) is 8.59. The van der Waals surface area contributed by atoms with Crippen molar-refractivity contribution >= 4 is 12.6 Å². The highest BCUT2D eigenvalue weighted by atomic mass is 16.1. The van der Waals surface area contributed by atoms with Crippen molar-refractivity contribution in [2.24, 2.45) is 0 Å². The standard InChI is InChI=1S/C14H10O2/c15-9-11-4-6-13(7-5-11)14-3-1-2-12(8-14)10-16/h1-10H. The molecular formula is C14H10O2. The number of rotatable bonds is 3. The molecule has 0 saturated heterocycles. The van der Waals surface area contributed by atoms with Crippen molar-refractivity contribution in [3.63, 3.8) is 0 Å². The Morgan fingerprint density at radius 1 is 0.688 bits per heavy atom. The lowest BCUT2D eigenvalue weighted by Crippen LogP contribution is -1.83. The van der Waals surface area contributed by atoms with Gasteiger partial charge >= 0.3 is 0 Å². The van der Waals surface area contributed by atoms with E-state index < -0.39 is 0 Å². The fourth-order valence-corrected chi connectivity index (χ4v) is 1.55. The molecule has 0 unspecified atom stereocenters. The number of carbonyl (C=O) groups excluding carboxylic acids is 2. The summed E-state index contributed by atoms with van der Waals surface area (Å²) in [6.07, 6.45) is 1.63. The maximum absolute atomic E-state index is 10.6. The van der Waals surface area contributed by atoms with Crippen LogP contribution >= 0.6 is 0 Å². The van der Waals surface area contributed by atoms with Crippen LogP contribution < -0.4 is 0 Å². The van der Waals surface area contributed by atoms with Gasteiger partial charge in [0.2, 0.25) is 0 Å². The maximum atomic E-state index is 10.6. The minimum atomic E-state index is 0.648. The van der Waals surface area contributed by atoms with Crippen LogP contribution in [-0.4, -0.2) is 12.6 Å². The van der Waals surface area contributed by atoms with Crippen molar-refractivity contribution in [1.82, 2.24) is 0 Å². The normalized spacial score (nSPS) is 9.75. The van der Waals surface area contributed by atoms with Gasteiger partial charge in [-0.2, -0.15) is 0 Å². The van der Waals surface area contributed by atoms with Crippen LogP contribution in [0, 0.1) is 0 Å². The molecule has 0 fully saturated rings. The van der Waals surface area contributed by atoms with Crippen LogP contribution in [0.5, 0.6) is 0 Å². The molecule has 0 aliphatic heterocycles. The summed E-state index contributed by atoms with van der Waals surface area (Å²) in [7, 11) is 0. The highest BCUT2D eigenvalue weighted by molar-refractivity contribution is 5.80. The van der Waals surface area contributed by atoms with E-state index in [1.807, 2.05) is 30.3 Å². The van der Waals surface area contributed by atoms with E-state index in [1.165, 1.54) is 0 Å². The summed E-state index contributed by atoms with van der Waals surface area (Å²) >= 11 is 0. The lowest BCUT2D eigenvalue weighted by Gasteiger charge is -2.02. The van der Waals surface area contributed by atoms with Crippen LogP contribution in [0.25, 0.3) is 11.1 Å². The van der Waals surface area contributed by atoms with Crippen molar-refractivity contribution < 1.29 is 9.59 Å². The quantitative estimate of drug-likeness (QED) is 0.730. The Hall–Kier alpha value is -2.22. The van der Waals surface area contributed by atoms with Crippen molar-refractivity contribution in [1.29, 1.82) is 0 Å². The summed E-state index contributed by atoms with van der Waals surface area (Å²) in [5.74, 6) is 0. The highest BCUT2D eigenvalue weighted by Gasteiger charge is 1.98. The van der Waals surface area contributed by atoms with Gasteiger partial charge in [-0.1, -0.05) is 42.5 Å². The lowest BCUT2D eigenvalue weighted by atomic mass is 10.0. The zero-order chi connectivity index (χ0) is 11.4. The third kappa shape index (κ3) is 2.06. The zero-order valence-electron chi connectivity index (χ0n) is 8.59. The Kier molecular flexibility index (Phi) is 2.92. The first-order valence-corrected chi connectivity index (χ1v) is 4.94. The minimum absolute atomic E-state index is 0.648. The summed E-state index contributed by atoms with van der Waals surface area (Å²) in [5.41, 5.74) is 3.27. The Balaban J connectivity index is 2.41. The molecule has 0 N–H and O–H groups in total. The second-order valence-electron chi connectivity index (χ2n) is 3.48. The fourth-order valence-electron chi connectivity index (χ4n) is 1.55. The summed E-state index contributed by atoms with van der Waals surface area (Å²) in [6.45, 7) is 0. The van der Waals surface area contributed by atoms with Crippen LogP contribution in [-0.2, 0) is 0 Å². The molecule has 2 rings (SSSR count). The molecule has 0 bridgehead atoms. The number of carbonyl (C=O) groups is 2. The highest BCUT2D eigenvalue weighted by Crippen LogP contribution is 2.20. The van der Waals surface area contributed by atoms with Crippen LogP contribution in [0.3, 0.4) is 0 Å². The summed E-state index contributed by atoms with van der Waals surface area (Å²) in [5, 5.41) is 0. The molecule has 0 heterocycles. The number of hydrogen-bond donors (Lipinski definition) is 0. The molecule has 0 amide bonds. The molecule has 2 aromatic carbocycles. The molecule has 0 atom stereocenters. The summed E-state index contributed by atoms with van der Waals surface area (Å²) < 4.78 is 0. The molecule has 2 nitrogen and oxygen atoms in total. The van der Waals surface area contributed by atoms with Gasteiger partial charge in [0, 0.05) is 11.1 Å². The van der Waals surface area contributed by atoms with E-state index in [9.17, 15) is 9.59 Å². The molecule has 0 saturated carbocycles. The topological polar surface area (TPSA) is 34.1 Å². The van der Waals surface area contributed by atoms with E-state index in [0.717, 1.165) is 23.7 Å². The lowest BCUT2D eigenvalue weighted by molar-refractivity contribution is 0.111. The number of aldehydes is 2. The van der Waals surface area contributed by atoms with Crippen LogP contribution in [0.2, 0.25) is 0 Å². The largest absolute Gasteiger partial charge is 0.298 e. The van der Waals surface area contributed by atoms with E-state index in [2.05, 4.69) is 0 Å². The van der Waals surface area contributed by atoms with Crippen molar-refractivity contribution in [2.45, 2.75) is 0 Å². The van der Waals surface area contributed by atoms with Gasteiger partial charge in [-0.15, -0.1) is 0 Å². The van der Waals surface area contributed by atoms with Crippen molar-refractivity contribution in [3.05, 3.63) is 59.7 Å². The fraction of sp³-hybridized carbons (Fsp3) is 0. The molecule has 16 heavy (non-hydrogen) atoms. The van der Waals surface area contributed by atoms with E-state index in [0.29, 0.717) is 11.1 Å². The third-order valence-corrected chi connectivity index (χ3v) is 2.40. The van der Waals surface area contributed by atoms with Crippen LogP contribution in [0.15, 0.2) is 48.5 Å². The molecule has 2 heteroatoms. The Morgan fingerprint density at radius 3 is 2.00 bits per heavy atom. The minimum Gasteiger partial charge on any atom is -0.298 e. The van der Waals surface area contributed by atoms with E-state index >= 15 is 0 Å². The smallest absolute Gasteiger partial charge is 0.150 e. The third-order valence-electron chi connectivity index (χ3n) is 2.40. The van der Waals surface area contributed by atoms with Gasteiger partial charge in [-0.25, -0.2) is 0 Å². The molecular weight excluding hydrogens is 200 g/mol. The Morgan fingerprint density at radius 2 is 1.38 bits per heavy atom. The summed E-state index contributed by atoms with van der Waals surface area (Å²) in [4.78, 5) is 21.2. The van der Waals surface area contributed by atoms with Gasteiger partial charge < -0.3 is 0 Å². The molecule has 0 radical (unpaired) electrons. The average molecular weight is 210 g/mol. The molecule has 0 spiro atoms. The Bertz CT molecular complexity index is 513. The second-order valence-corrected chi connectivity index (χ2v) is 3.48. The molecule has 0 aromatic heterocycles. The van der Waals surface area contributed by atoms with Gasteiger partial charge in [0.05, 0.1) is 0 Å². The maximum Gasteiger partial charge on any atom is 0.150 e. The van der Waals surface area contributed by atoms with E-state index in [1.54, 1.807) is 18.2 Å². The van der Waals surface area contributed by atoms with Gasteiger partial charge in [0.1, 0.15) is 12.6 Å². The predicted octanol–water partition coefficient (Wildman–Crippen LogP) is 2.98. The first kappa shape index (κ1) is 10.3. The van der Waals surface area contributed by atoms with Crippen LogP contribution in [0.1, 0.15) is 20.7 Å². The van der Waals surface area contributed by atoms with Crippen molar-refractivity contribution in [2.75, 3.05) is 0 Å². The second kappa shape index (κ2) is 4.53. The van der Waals surface area contributed by atoms with Crippen molar-refractivity contribution in [3.8, 4) is 11.1 Å².